The Labute approximate surface area is 118 Å². The summed E-state index contributed by atoms with van der Waals surface area (Å²) in [6, 6.07) is 7.22. The highest BCUT2D eigenvalue weighted by Gasteiger charge is 2.26. The van der Waals surface area contributed by atoms with Gasteiger partial charge in [0.1, 0.15) is 0 Å². The van der Waals surface area contributed by atoms with Crippen molar-refractivity contribution in [2.75, 3.05) is 26.3 Å². The summed E-state index contributed by atoms with van der Waals surface area (Å²) >= 11 is 0. The number of benzene rings is 1. The van der Waals surface area contributed by atoms with Crippen LogP contribution in [-0.4, -0.2) is 51.6 Å². The second kappa shape index (κ2) is 6.34. The maximum atomic E-state index is 12.2. The lowest BCUT2D eigenvalue weighted by atomic mass is 10.3. The number of ether oxygens (including phenoxy) is 1. The molecule has 0 unspecified atom stereocenters. The molecule has 1 aromatic carbocycles. The van der Waals surface area contributed by atoms with Gasteiger partial charge in [0.15, 0.2) is 0 Å². The molecule has 20 heavy (non-hydrogen) atoms. The Morgan fingerprint density at radius 2 is 1.85 bits per heavy atom. The van der Waals surface area contributed by atoms with Crippen LogP contribution in [0.25, 0.3) is 0 Å². The van der Waals surface area contributed by atoms with E-state index in [0.717, 1.165) is 0 Å². The Kier molecular flexibility index (Phi) is 4.74. The van der Waals surface area contributed by atoms with Crippen LogP contribution < -0.4 is 4.72 Å². The average molecular weight is 298 g/mol. The van der Waals surface area contributed by atoms with Crippen LogP contribution in [0.3, 0.4) is 0 Å². The second-order valence-electron chi connectivity index (χ2n) is 4.59. The molecule has 6 nitrogen and oxygen atoms in total. The average Bonchev–Trinajstić information content (AvgIpc) is 2.48. The number of carbonyl (C=O) groups excluding carboxylic acids is 1. The molecule has 110 valence electrons. The molecule has 0 spiro atoms. The first-order valence-electron chi connectivity index (χ1n) is 6.44. The Bertz CT molecular complexity index is 553. The summed E-state index contributed by atoms with van der Waals surface area (Å²) in [7, 11) is -3.67. The molecule has 1 atom stereocenters. The molecule has 1 aromatic rings. The molecule has 2 rings (SSSR count). The number of amides is 1. The fourth-order valence-electron chi connectivity index (χ4n) is 2.01. The van der Waals surface area contributed by atoms with Gasteiger partial charge in [0.05, 0.1) is 24.2 Å². The number of rotatable bonds is 4. The second-order valence-corrected chi connectivity index (χ2v) is 6.31. The van der Waals surface area contributed by atoms with Crippen molar-refractivity contribution in [2.24, 2.45) is 0 Å². The van der Waals surface area contributed by atoms with Crippen LogP contribution in [0.2, 0.25) is 0 Å². The summed E-state index contributed by atoms with van der Waals surface area (Å²) in [5.74, 6) is -0.229. The zero-order valence-electron chi connectivity index (χ0n) is 11.3. The van der Waals surface area contributed by atoms with Gasteiger partial charge in [0.2, 0.25) is 15.9 Å². The summed E-state index contributed by atoms with van der Waals surface area (Å²) in [4.78, 5) is 13.9. The lowest BCUT2D eigenvalue weighted by Crippen LogP contribution is -2.50. The predicted molar refractivity (Wildman–Crippen MR) is 73.6 cm³/mol. The minimum atomic E-state index is -3.67. The molecule has 1 aliphatic rings. The smallest absolute Gasteiger partial charge is 0.241 e. The molecule has 0 radical (unpaired) electrons. The van der Waals surface area contributed by atoms with Crippen molar-refractivity contribution in [3.8, 4) is 0 Å². The summed E-state index contributed by atoms with van der Waals surface area (Å²) in [6.07, 6.45) is 0. The van der Waals surface area contributed by atoms with Crippen LogP contribution in [0.4, 0.5) is 0 Å². The zero-order chi connectivity index (χ0) is 14.6. The largest absolute Gasteiger partial charge is 0.378 e. The molecule has 0 aliphatic carbocycles. The summed E-state index contributed by atoms with van der Waals surface area (Å²) in [5, 5.41) is 0. The van der Waals surface area contributed by atoms with E-state index in [9.17, 15) is 13.2 Å². The summed E-state index contributed by atoms with van der Waals surface area (Å²) in [6.45, 7) is 3.53. The van der Waals surface area contributed by atoms with Crippen LogP contribution in [0.5, 0.6) is 0 Å². The van der Waals surface area contributed by atoms with E-state index in [-0.39, 0.29) is 10.8 Å². The maximum Gasteiger partial charge on any atom is 0.241 e. The molecular weight excluding hydrogens is 280 g/mol. The van der Waals surface area contributed by atoms with Crippen LogP contribution in [0, 0.1) is 0 Å². The molecule has 1 amide bonds. The molecule has 1 fully saturated rings. The van der Waals surface area contributed by atoms with Crippen LogP contribution >= 0.6 is 0 Å². The normalized spacial score (nSPS) is 17.8. The Morgan fingerprint density at radius 1 is 1.25 bits per heavy atom. The topological polar surface area (TPSA) is 75.7 Å². The third kappa shape index (κ3) is 3.56. The minimum Gasteiger partial charge on any atom is -0.378 e. The summed E-state index contributed by atoms with van der Waals surface area (Å²) < 4.78 is 31.8. The Hall–Kier alpha value is -1.44. The molecular formula is C13H18N2O4S. The number of sulfonamides is 1. The zero-order valence-corrected chi connectivity index (χ0v) is 12.1. The minimum absolute atomic E-state index is 0.154. The van der Waals surface area contributed by atoms with E-state index >= 15 is 0 Å². The van der Waals surface area contributed by atoms with Gasteiger partial charge < -0.3 is 9.64 Å². The van der Waals surface area contributed by atoms with E-state index < -0.39 is 16.1 Å². The van der Waals surface area contributed by atoms with Gasteiger partial charge in [0.25, 0.3) is 0 Å². The van der Waals surface area contributed by atoms with Gasteiger partial charge in [0, 0.05) is 13.1 Å². The first kappa shape index (κ1) is 15.0. The molecule has 1 aliphatic heterocycles. The van der Waals surface area contributed by atoms with E-state index in [0.29, 0.717) is 26.3 Å². The standard InChI is InChI=1S/C13H18N2O4S/c1-11(13(16)15-7-9-19-10-8-15)14-20(17,18)12-5-3-2-4-6-12/h2-6,11,14H,7-10H2,1H3/t11-/m1/s1. The highest BCUT2D eigenvalue weighted by molar-refractivity contribution is 7.89. The monoisotopic (exact) mass is 298 g/mol. The number of hydrogen-bond donors (Lipinski definition) is 1. The molecule has 0 aromatic heterocycles. The lowest BCUT2D eigenvalue weighted by molar-refractivity contribution is -0.136. The number of nitrogens with one attached hydrogen (secondary N) is 1. The van der Waals surface area contributed by atoms with Gasteiger partial charge in [-0.05, 0) is 19.1 Å². The third-order valence-corrected chi connectivity index (χ3v) is 4.64. The van der Waals surface area contributed by atoms with Gasteiger partial charge in [-0.2, -0.15) is 4.72 Å². The van der Waals surface area contributed by atoms with Gasteiger partial charge in [-0.3, -0.25) is 4.79 Å². The Balaban J connectivity index is 2.03. The van der Waals surface area contributed by atoms with Crippen LogP contribution in [0.1, 0.15) is 6.92 Å². The molecule has 1 N–H and O–H groups in total. The van der Waals surface area contributed by atoms with Crippen molar-refractivity contribution < 1.29 is 17.9 Å². The van der Waals surface area contributed by atoms with Crippen LogP contribution in [0.15, 0.2) is 35.2 Å². The third-order valence-electron chi connectivity index (χ3n) is 3.08. The van der Waals surface area contributed by atoms with E-state index in [2.05, 4.69) is 4.72 Å². The number of hydrogen-bond acceptors (Lipinski definition) is 4. The fourth-order valence-corrected chi connectivity index (χ4v) is 3.23. The molecule has 1 saturated heterocycles. The Morgan fingerprint density at radius 3 is 2.45 bits per heavy atom. The van der Waals surface area contributed by atoms with Crippen LogP contribution in [-0.2, 0) is 19.6 Å². The van der Waals surface area contributed by atoms with Crippen molar-refractivity contribution in [3.63, 3.8) is 0 Å². The van der Waals surface area contributed by atoms with Gasteiger partial charge in [-0.25, -0.2) is 8.42 Å². The SMILES string of the molecule is C[C@@H](NS(=O)(=O)c1ccccc1)C(=O)N1CCOCC1. The first-order chi connectivity index (χ1) is 9.50. The number of morpholine rings is 1. The molecule has 1 heterocycles. The van der Waals surface area contributed by atoms with Gasteiger partial charge in [-0.1, -0.05) is 18.2 Å². The number of nitrogens with zero attached hydrogens (tertiary/aromatic N) is 1. The molecule has 0 saturated carbocycles. The van der Waals surface area contributed by atoms with E-state index in [1.165, 1.54) is 12.1 Å². The molecule has 0 bridgehead atoms. The maximum absolute atomic E-state index is 12.2. The van der Waals surface area contributed by atoms with E-state index in [1.54, 1.807) is 30.0 Å². The van der Waals surface area contributed by atoms with Crippen molar-refractivity contribution in [2.45, 2.75) is 17.9 Å². The lowest BCUT2D eigenvalue weighted by Gasteiger charge is -2.29. The highest BCUT2D eigenvalue weighted by atomic mass is 32.2. The fraction of sp³-hybridized carbons (Fsp3) is 0.462. The van der Waals surface area contributed by atoms with Crippen molar-refractivity contribution in [1.29, 1.82) is 0 Å². The first-order valence-corrected chi connectivity index (χ1v) is 7.93. The van der Waals surface area contributed by atoms with Gasteiger partial charge >= 0.3 is 0 Å². The van der Waals surface area contributed by atoms with Crippen molar-refractivity contribution >= 4 is 15.9 Å². The van der Waals surface area contributed by atoms with Crippen molar-refractivity contribution in [3.05, 3.63) is 30.3 Å². The summed E-state index contributed by atoms with van der Waals surface area (Å²) in [5.41, 5.74) is 0. The van der Waals surface area contributed by atoms with E-state index in [1.807, 2.05) is 0 Å². The number of carbonyl (C=O) groups is 1. The predicted octanol–water partition coefficient (Wildman–Crippen LogP) is 0.212. The van der Waals surface area contributed by atoms with E-state index in [4.69, 9.17) is 4.74 Å². The van der Waals surface area contributed by atoms with Crippen molar-refractivity contribution in [1.82, 2.24) is 9.62 Å². The molecule has 7 heteroatoms. The highest BCUT2D eigenvalue weighted by Crippen LogP contribution is 2.09. The quantitative estimate of drug-likeness (QED) is 0.862. The van der Waals surface area contributed by atoms with Gasteiger partial charge in [-0.15, -0.1) is 0 Å².